The second-order valence-corrected chi connectivity index (χ2v) is 18.8. The van der Waals surface area contributed by atoms with E-state index in [-0.39, 0.29) is 83.2 Å². The van der Waals surface area contributed by atoms with E-state index >= 15 is 0 Å². The highest BCUT2D eigenvalue weighted by Gasteiger charge is 2.32. The number of carbonyl (C=O) groups is 6. The average molecular weight is 1420 g/mol. The Morgan fingerprint density at radius 3 is 1.30 bits per heavy atom. The summed E-state index contributed by atoms with van der Waals surface area (Å²) in [4.78, 5) is 82.1. The molecule has 0 aliphatic carbocycles. The summed E-state index contributed by atoms with van der Waals surface area (Å²) in [6, 6.07) is 0. The minimum atomic E-state index is -1.79. The SMILES string of the molecule is Cc1c(NC(=O)C(O)CO)c(I)c(C(=O)N(C)CC(O)CO)c(I)c1C(=O)NCCCCCNC(=O)c1c(I)c(NC(=O)C(O)CO)c(I)c(C(=O)N(C)CC(O)CO)c1I. The highest BCUT2D eigenvalue weighted by Crippen LogP contribution is 2.37. The number of rotatable bonds is 22. The van der Waals surface area contributed by atoms with Crippen LogP contribution in [-0.2, 0) is 9.59 Å². The van der Waals surface area contributed by atoms with Crippen LogP contribution in [-0.4, -0.2) is 177 Å². The van der Waals surface area contributed by atoms with Crippen molar-refractivity contribution in [3.63, 3.8) is 0 Å². The van der Waals surface area contributed by atoms with Gasteiger partial charge in [0, 0.05) is 47.4 Å². The zero-order chi connectivity index (χ0) is 46.5. The highest BCUT2D eigenvalue weighted by atomic mass is 127. The van der Waals surface area contributed by atoms with Crippen LogP contribution in [0.25, 0.3) is 0 Å². The Balaban J connectivity index is 2.28. The number of carbonyl (C=O) groups excluding carboxylic acids is 6. The molecular weight excluding hydrogens is 1370 g/mol. The van der Waals surface area contributed by atoms with Crippen LogP contribution in [0.3, 0.4) is 0 Å². The third-order valence-electron chi connectivity index (χ3n) is 8.78. The predicted molar refractivity (Wildman–Crippen MR) is 263 cm³/mol. The van der Waals surface area contributed by atoms with Crippen LogP contribution >= 0.6 is 113 Å². The molecule has 12 N–H and O–H groups in total. The maximum absolute atomic E-state index is 13.7. The number of aliphatic hydroxyl groups excluding tert-OH is 8. The molecule has 4 atom stereocenters. The minimum absolute atomic E-state index is 0.0169. The third-order valence-corrected chi connectivity index (χ3v) is 14.2. The lowest BCUT2D eigenvalue weighted by Gasteiger charge is -2.25. The number of unbranched alkanes of at least 4 members (excludes halogenated alkanes) is 2. The number of hydrogen-bond donors (Lipinski definition) is 12. The number of nitrogens with zero attached hydrogens (tertiary/aromatic N) is 2. The molecule has 0 saturated carbocycles. The first-order valence-electron chi connectivity index (χ1n) is 18.2. The Hall–Kier alpha value is -1.41. The first kappa shape index (κ1) is 55.7. The molecular formula is C36H47I5N6O14. The molecule has 61 heavy (non-hydrogen) atoms. The Kier molecular flexibility index (Phi) is 24.2. The number of amides is 6. The van der Waals surface area contributed by atoms with E-state index in [1.807, 2.05) is 113 Å². The van der Waals surface area contributed by atoms with Crippen LogP contribution in [0.5, 0.6) is 0 Å². The van der Waals surface area contributed by atoms with Crippen LogP contribution in [0.2, 0.25) is 0 Å². The average Bonchev–Trinajstić information content (AvgIpc) is 3.22. The molecule has 0 bridgehead atoms. The van der Waals surface area contributed by atoms with E-state index in [1.165, 1.54) is 14.1 Å². The van der Waals surface area contributed by atoms with E-state index < -0.39 is 86.3 Å². The van der Waals surface area contributed by atoms with Crippen molar-refractivity contribution in [2.24, 2.45) is 0 Å². The summed E-state index contributed by atoms with van der Waals surface area (Å²) in [6.45, 7) is -1.59. The van der Waals surface area contributed by atoms with Gasteiger partial charge in [-0.1, -0.05) is 0 Å². The lowest BCUT2D eigenvalue weighted by atomic mass is 10.00. The second kappa shape index (κ2) is 26.5. The lowest BCUT2D eigenvalue weighted by Crippen LogP contribution is -2.38. The molecule has 20 nitrogen and oxygen atoms in total. The fourth-order valence-electron chi connectivity index (χ4n) is 5.45. The van der Waals surface area contributed by atoms with Crippen molar-refractivity contribution in [3.8, 4) is 0 Å². The van der Waals surface area contributed by atoms with Crippen molar-refractivity contribution in [3.05, 3.63) is 45.7 Å². The van der Waals surface area contributed by atoms with Gasteiger partial charge in [0.15, 0.2) is 12.2 Å². The predicted octanol–water partition coefficient (Wildman–Crippen LogP) is -0.218. The summed E-state index contributed by atoms with van der Waals surface area (Å²) in [7, 11) is 2.78. The maximum atomic E-state index is 13.7. The van der Waals surface area contributed by atoms with E-state index in [9.17, 15) is 69.6 Å². The van der Waals surface area contributed by atoms with E-state index in [2.05, 4.69) is 21.3 Å². The van der Waals surface area contributed by atoms with Crippen molar-refractivity contribution in [1.29, 1.82) is 0 Å². The Morgan fingerprint density at radius 1 is 0.525 bits per heavy atom. The zero-order valence-corrected chi connectivity index (χ0v) is 43.7. The van der Waals surface area contributed by atoms with E-state index in [0.29, 0.717) is 19.3 Å². The summed E-state index contributed by atoms with van der Waals surface area (Å²) >= 11 is 9.15. The van der Waals surface area contributed by atoms with Crippen LogP contribution in [0.15, 0.2) is 0 Å². The molecule has 6 amide bonds. The van der Waals surface area contributed by atoms with Gasteiger partial charge in [-0.25, -0.2) is 0 Å². The van der Waals surface area contributed by atoms with Crippen LogP contribution in [0.4, 0.5) is 11.4 Å². The first-order chi connectivity index (χ1) is 28.6. The molecule has 2 rings (SSSR count). The fraction of sp³-hybridized carbons (Fsp3) is 0.500. The lowest BCUT2D eigenvalue weighted by molar-refractivity contribution is -0.126. The number of hydrogen-bond acceptors (Lipinski definition) is 14. The van der Waals surface area contributed by atoms with Crippen molar-refractivity contribution >= 4 is 160 Å². The van der Waals surface area contributed by atoms with Gasteiger partial charge >= 0.3 is 0 Å². The molecule has 0 aromatic heterocycles. The highest BCUT2D eigenvalue weighted by molar-refractivity contribution is 14.1. The topological polar surface area (TPSA) is 319 Å². The van der Waals surface area contributed by atoms with E-state index in [4.69, 9.17) is 0 Å². The van der Waals surface area contributed by atoms with Gasteiger partial charge in [-0.05, 0) is 145 Å². The second-order valence-electron chi connectivity index (χ2n) is 13.4. The molecule has 0 spiro atoms. The van der Waals surface area contributed by atoms with Crippen molar-refractivity contribution in [2.75, 3.05) is 77.3 Å². The van der Waals surface area contributed by atoms with Crippen molar-refractivity contribution in [2.45, 2.75) is 50.6 Å². The number of benzene rings is 2. The molecule has 340 valence electrons. The normalized spacial score (nSPS) is 13.1. The monoisotopic (exact) mass is 1420 g/mol. The zero-order valence-electron chi connectivity index (χ0n) is 32.9. The van der Waals surface area contributed by atoms with Gasteiger partial charge < -0.3 is 71.9 Å². The van der Waals surface area contributed by atoms with E-state index in [1.54, 1.807) is 6.92 Å². The van der Waals surface area contributed by atoms with Crippen LogP contribution in [0.1, 0.15) is 66.3 Å². The van der Waals surface area contributed by atoms with Gasteiger partial charge in [0.05, 0.1) is 83.0 Å². The van der Waals surface area contributed by atoms with Crippen molar-refractivity contribution in [1.82, 2.24) is 20.4 Å². The molecule has 4 unspecified atom stereocenters. The molecule has 25 heteroatoms. The minimum Gasteiger partial charge on any atom is -0.394 e. The van der Waals surface area contributed by atoms with Gasteiger partial charge in [-0.2, -0.15) is 0 Å². The number of aliphatic hydroxyl groups is 8. The largest absolute Gasteiger partial charge is 0.394 e. The molecule has 0 heterocycles. The number of halogens is 5. The van der Waals surface area contributed by atoms with Crippen LogP contribution in [0, 0.1) is 24.8 Å². The smallest absolute Gasteiger partial charge is 0.255 e. The standard InChI is InChI=1S/C36H47I5N6O14/c1-15-20(24(37)22(35(60)46(2)9-16(52)11-48)27(40)29(15)44-31(56)18(54)13-50)33(58)42-7-5-4-6-8-43-34(59)21-25(38)23(36(61)47(3)10-17(53)12-49)28(41)30(26(21)39)45-32(57)19(55)14-51/h16-19,48-55H,4-14H2,1-3H3,(H,42,58)(H,43,59)(H,44,56)(H,45,57). The Bertz CT molecular complexity index is 1830. The Labute approximate surface area is 419 Å². The fourth-order valence-corrected chi connectivity index (χ4v) is 12.5. The van der Waals surface area contributed by atoms with Crippen molar-refractivity contribution < 1.29 is 69.6 Å². The van der Waals surface area contributed by atoms with Gasteiger partial charge in [0.1, 0.15) is 0 Å². The van der Waals surface area contributed by atoms with Gasteiger partial charge in [-0.3, -0.25) is 28.8 Å². The Morgan fingerprint density at radius 2 is 0.885 bits per heavy atom. The molecule has 0 radical (unpaired) electrons. The quantitative estimate of drug-likeness (QED) is 0.0537. The molecule has 0 saturated heterocycles. The molecule has 2 aromatic rings. The summed E-state index contributed by atoms with van der Waals surface area (Å²) in [5.74, 6) is -4.39. The number of likely N-dealkylation sites (N-methyl/N-ethyl adjacent to an activating group) is 2. The summed E-state index contributed by atoms with van der Waals surface area (Å²) in [5.41, 5.74) is 0.499. The van der Waals surface area contributed by atoms with Gasteiger partial charge in [-0.15, -0.1) is 0 Å². The molecule has 0 aliphatic heterocycles. The molecule has 0 fully saturated rings. The molecule has 0 aliphatic rings. The van der Waals surface area contributed by atoms with Gasteiger partial charge in [0.2, 0.25) is 0 Å². The summed E-state index contributed by atoms with van der Waals surface area (Å²) in [5, 5.41) is 87.4. The summed E-state index contributed by atoms with van der Waals surface area (Å²) < 4.78 is 1.17. The maximum Gasteiger partial charge on any atom is 0.255 e. The number of nitrogens with one attached hydrogen (secondary N) is 4. The van der Waals surface area contributed by atoms with Gasteiger partial charge in [0.25, 0.3) is 35.4 Å². The first-order valence-corrected chi connectivity index (χ1v) is 23.6. The number of anilines is 2. The summed E-state index contributed by atoms with van der Waals surface area (Å²) in [6.07, 6.45) is -4.67. The van der Waals surface area contributed by atoms with E-state index in [0.717, 1.165) is 9.80 Å². The molecule has 2 aromatic carbocycles. The van der Waals surface area contributed by atoms with Crippen LogP contribution < -0.4 is 21.3 Å². The third kappa shape index (κ3) is 14.8.